The summed E-state index contributed by atoms with van der Waals surface area (Å²) in [6.07, 6.45) is 0. The Morgan fingerprint density at radius 2 is 2.06 bits per heavy atom. The Bertz CT molecular complexity index is 543. The normalized spacial score (nSPS) is 10.1. The van der Waals surface area contributed by atoms with E-state index in [0.29, 0.717) is 18.0 Å². The molecule has 0 heterocycles. The third-order valence-corrected chi connectivity index (χ3v) is 2.42. The zero-order chi connectivity index (χ0) is 13.0. The van der Waals surface area contributed by atoms with Gasteiger partial charge in [0.25, 0.3) is 0 Å². The van der Waals surface area contributed by atoms with Gasteiger partial charge in [0, 0.05) is 17.4 Å². The molecular formula is C14H15FN2O. The van der Waals surface area contributed by atoms with E-state index in [1.54, 1.807) is 12.1 Å². The molecule has 4 heteroatoms. The van der Waals surface area contributed by atoms with Crippen LogP contribution >= 0.6 is 0 Å². The molecule has 94 valence electrons. The summed E-state index contributed by atoms with van der Waals surface area (Å²) >= 11 is 0. The van der Waals surface area contributed by atoms with Crippen LogP contribution in [0.2, 0.25) is 0 Å². The van der Waals surface area contributed by atoms with Crippen molar-refractivity contribution >= 4 is 17.1 Å². The van der Waals surface area contributed by atoms with E-state index < -0.39 is 0 Å². The van der Waals surface area contributed by atoms with Crippen molar-refractivity contribution in [2.24, 2.45) is 0 Å². The molecule has 0 aliphatic carbocycles. The smallest absolute Gasteiger partial charge is 0.148 e. The van der Waals surface area contributed by atoms with Gasteiger partial charge >= 0.3 is 0 Å². The summed E-state index contributed by atoms with van der Waals surface area (Å²) in [5.74, 6) is 0.371. The molecule has 0 bridgehead atoms. The third kappa shape index (κ3) is 2.91. The van der Waals surface area contributed by atoms with Crippen molar-refractivity contribution in [3.8, 4) is 5.75 Å². The van der Waals surface area contributed by atoms with E-state index >= 15 is 0 Å². The summed E-state index contributed by atoms with van der Waals surface area (Å²) in [4.78, 5) is 0. The quantitative estimate of drug-likeness (QED) is 0.811. The van der Waals surface area contributed by atoms with Gasteiger partial charge < -0.3 is 15.8 Å². The number of nitrogens with one attached hydrogen (secondary N) is 1. The van der Waals surface area contributed by atoms with Gasteiger partial charge in [-0.15, -0.1) is 0 Å². The second kappa shape index (κ2) is 5.40. The van der Waals surface area contributed by atoms with E-state index in [1.807, 2.05) is 31.2 Å². The fourth-order valence-electron chi connectivity index (χ4n) is 1.62. The van der Waals surface area contributed by atoms with Crippen molar-refractivity contribution in [1.29, 1.82) is 0 Å². The largest absolute Gasteiger partial charge is 0.494 e. The molecule has 0 fully saturated rings. The molecule has 0 spiro atoms. The Balaban J connectivity index is 2.20. The van der Waals surface area contributed by atoms with Crippen LogP contribution in [-0.4, -0.2) is 6.61 Å². The van der Waals surface area contributed by atoms with Gasteiger partial charge in [0.05, 0.1) is 12.3 Å². The van der Waals surface area contributed by atoms with Crippen LogP contribution in [0.4, 0.5) is 21.5 Å². The molecule has 0 radical (unpaired) electrons. The molecular weight excluding hydrogens is 231 g/mol. The monoisotopic (exact) mass is 246 g/mol. The Kier molecular flexibility index (Phi) is 3.67. The van der Waals surface area contributed by atoms with Gasteiger partial charge in [0.1, 0.15) is 11.6 Å². The van der Waals surface area contributed by atoms with Crippen molar-refractivity contribution in [1.82, 2.24) is 0 Å². The first-order chi connectivity index (χ1) is 8.69. The molecule has 0 amide bonds. The predicted molar refractivity (Wildman–Crippen MR) is 71.7 cm³/mol. The van der Waals surface area contributed by atoms with Crippen LogP contribution in [0.5, 0.6) is 5.75 Å². The number of rotatable bonds is 4. The Labute approximate surface area is 105 Å². The van der Waals surface area contributed by atoms with E-state index in [0.717, 1.165) is 11.4 Å². The second-order valence-electron chi connectivity index (χ2n) is 3.83. The van der Waals surface area contributed by atoms with E-state index in [-0.39, 0.29) is 5.82 Å². The second-order valence-corrected chi connectivity index (χ2v) is 3.83. The average Bonchev–Trinajstić information content (AvgIpc) is 2.34. The maximum absolute atomic E-state index is 13.6. The van der Waals surface area contributed by atoms with Crippen LogP contribution in [0, 0.1) is 5.82 Å². The van der Waals surface area contributed by atoms with E-state index in [9.17, 15) is 4.39 Å². The van der Waals surface area contributed by atoms with E-state index in [2.05, 4.69) is 5.32 Å². The van der Waals surface area contributed by atoms with Crippen molar-refractivity contribution in [3.63, 3.8) is 0 Å². The minimum atomic E-state index is -0.378. The fraction of sp³-hybridized carbons (Fsp3) is 0.143. The number of hydrogen-bond acceptors (Lipinski definition) is 3. The van der Waals surface area contributed by atoms with Gasteiger partial charge in [-0.2, -0.15) is 0 Å². The Morgan fingerprint density at radius 3 is 2.78 bits per heavy atom. The van der Waals surface area contributed by atoms with Gasteiger partial charge in [-0.1, -0.05) is 6.07 Å². The summed E-state index contributed by atoms with van der Waals surface area (Å²) in [6, 6.07) is 11.9. The van der Waals surface area contributed by atoms with Crippen LogP contribution in [0.15, 0.2) is 42.5 Å². The van der Waals surface area contributed by atoms with Crippen LogP contribution in [0.25, 0.3) is 0 Å². The van der Waals surface area contributed by atoms with E-state index in [1.165, 1.54) is 6.07 Å². The van der Waals surface area contributed by atoms with Gasteiger partial charge in [-0.25, -0.2) is 4.39 Å². The maximum atomic E-state index is 13.6. The number of nitrogens with two attached hydrogens (primary N) is 1. The summed E-state index contributed by atoms with van der Waals surface area (Å²) in [5, 5.41) is 2.99. The van der Waals surface area contributed by atoms with Gasteiger partial charge in [-0.05, 0) is 37.3 Å². The fourth-order valence-corrected chi connectivity index (χ4v) is 1.62. The molecule has 0 aromatic heterocycles. The first-order valence-corrected chi connectivity index (χ1v) is 5.74. The molecule has 18 heavy (non-hydrogen) atoms. The van der Waals surface area contributed by atoms with Crippen molar-refractivity contribution in [2.75, 3.05) is 17.7 Å². The SMILES string of the molecule is CCOc1cccc(Nc2ccc(N)cc2F)c1. The average molecular weight is 246 g/mol. The number of halogens is 1. The zero-order valence-electron chi connectivity index (χ0n) is 10.1. The molecule has 0 atom stereocenters. The van der Waals surface area contributed by atoms with Gasteiger partial charge in [0.15, 0.2) is 0 Å². The minimum absolute atomic E-state index is 0.378. The summed E-state index contributed by atoms with van der Waals surface area (Å²) in [6.45, 7) is 2.51. The molecule has 2 aromatic rings. The number of nitrogen functional groups attached to an aromatic ring is 1. The van der Waals surface area contributed by atoms with Gasteiger partial charge in [0.2, 0.25) is 0 Å². The lowest BCUT2D eigenvalue weighted by molar-refractivity contribution is 0.340. The summed E-state index contributed by atoms with van der Waals surface area (Å²) < 4.78 is 19.0. The van der Waals surface area contributed by atoms with Crippen LogP contribution in [0.3, 0.4) is 0 Å². The molecule has 0 saturated carbocycles. The number of benzene rings is 2. The number of hydrogen-bond donors (Lipinski definition) is 2. The third-order valence-electron chi connectivity index (χ3n) is 2.42. The molecule has 0 aliphatic heterocycles. The molecule has 3 N–H and O–H groups in total. The lowest BCUT2D eigenvalue weighted by Crippen LogP contribution is -1.96. The van der Waals surface area contributed by atoms with Crippen LogP contribution in [0.1, 0.15) is 6.92 Å². The molecule has 0 unspecified atom stereocenters. The molecule has 2 aromatic carbocycles. The first-order valence-electron chi connectivity index (χ1n) is 5.74. The van der Waals surface area contributed by atoms with Gasteiger partial charge in [-0.3, -0.25) is 0 Å². The predicted octanol–water partition coefficient (Wildman–Crippen LogP) is 3.55. The van der Waals surface area contributed by atoms with Crippen molar-refractivity contribution in [3.05, 3.63) is 48.3 Å². The highest BCUT2D eigenvalue weighted by molar-refractivity contribution is 5.63. The highest BCUT2D eigenvalue weighted by atomic mass is 19.1. The zero-order valence-corrected chi connectivity index (χ0v) is 10.1. The summed E-state index contributed by atoms with van der Waals surface area (Å²) in [7, 11) is 0. The van der Waals surface area contributed by atoms with Crippen molar-refractivity contribution < 1.29 is 9.13 Å². The molecule has 2 rings (SSSR count). The standard InChI is InChI=1S/C14H15FN2O/c1-2-18-12-5-3-4-11(9-12)17-14-7-6-10(16)8-13(14)15/h3-9,17H,2,16H2,1H3. The highest BCUT2D eigenvalue weighted by Crippen LogP contribution is 2.24. The van der Waals surface area contributed by atoms with Crippen LogP contribution in [-0.2, 0) is 0 Å². The lowest BCUT2D eigenvalue weighted by atomic mass is 10.2. The maximum Gasteiger partial charge on any atom is 0.148 e. The number of anilines is 3. The van der Waals surface area contributed by atoms with Crippen molar-refractivity contribution in [2.45, 2.75) is 6.92 Å². The summed E-state index contributed by atoms with van der Waals surface area (Å²) in [5.41, 5.74) is 7.06. The lowest BCUT2D eigenvalue weighted by Gasteiger charge is -2.10. The molecule has 0 saturated heterocycles. The Hall–Kier alpha value is -2.23. The van der Waals surface area contributed by atoms with Crippen LogP contribution < -0.4 is 15.8 Å². The Morgan fingerprint density at radius 1 is 1.22 bits per heavy atom. The minimum Gasteiger partial charge on any atom is -0.494 e. The number of ether oxygens (including phenoxy) is 1. The molecule has 0 aliphatic rings. The first kappa shape index (κ1) is 12.2. The topological polar surface area (TPSA) is 47.3 Å². The van der Waals surface area contributed by atoms with E-state index in [4.69, 9.17) is 10.5 Å². The highest BCUT2D eigenvalue weighted by Gasteiger charge is 2.03. The molecule has 3 nitrogen and oxygen atoms in total.